The van der Waals surface area contributed by atoms with E-state index in [0.29, 0.717) is 22.2 Å². The van der Waals surface area contributed by atoms with Crippen molar-refractivity contribution in [2.45, 2.75) is 93.2 Å². The summed E-state index contributed by atoms with van der Waals surface area (Å²) in [6, 6.07) is 0. The van der Waals surface area contributed by atoms with E-state index in [0.717, 1.165) is 0 Å². The van der Waals surface area contributed by atoms with Crippen molar-refractivity contribution in [3.8, 4) is 0 Å². The van der Waals surface area contributed by atoms with Crippen LogP contribution in [0.25, 0.3) is 0 Å². The zero-order valence-electron chi connectivity index (χ0n) is 16.6. The SMILES string of the molecule is CC(C)=C(C)C(C)(C)C(CC(C)(C)S)C1(C)CC2(C)CC21C. The Bertz CT molecular complexity index is 502. The van der Waals surface area contributed by atoms with Crippen LogP contribution in [0.3, 0.4) is 0 Å². The molecule has 0 nitrogen and oxygen atoms in total. The van der Waals surface area contributed by atoms with Crippen molar-refractivity contribution in [2.24, 2.45) is 27.6 Å². The molecule has 0 aromatic rings. The molecule has 1 heteroatoms. The lowest BCUT2D eigenvalue weighted by atomic mass is 9.44. The standard InChI is InChI=1S/C21H38S/c1-14(2)15(3)18(6,7)16(11-17(4,5)22)20(9)12-19(8)13-21(19,20)10/h16,22H,11-13H2,1-10H3. The molecule has 2 fully saturated rings. The first-order valence-electron chi connectivity index (χ1n) is 8.98. The van der Waals surface area contributed by atoms with Gasteiger partial charge in [-0.3, -0.25) is 0 Å². The highest BCUT2D eigenvalue weighted by Gasteiger charge is 2.81. The second-order valence-corrected chi connectivity index (χ2v) is 11.8. The van der Waals surface area contributed by atoms with Gasteiger partial charge in [-0.2, -0.15) is 12.6 Å². The summed E-state index contributed by atoms with van der Waals surface area (Å²) < 4.78 is 0.0874. The Morgan fingerprint density at radius 3 is 1.77 bits per heavy atom. The minimum Gasteiger partial charge on any atom is -0.173 e. The van der Waals surface area contributed by atoms with Crippen LogP contribution in [0, 0.1) is 27.6 Å². The molecule has 4 atom stereocenters. The molecule has 0 spiro atoms. The van der Waals surface area contributed by atoms with E-state index in [1.165, 1.54) is 24.8 Å². The fourth-order valence-electron chi connectivity index (χ4n) is 5.97. The van der Waals surface area contributed by atoms with Gasteiger partial charge in [-0.1, -0.05) is 59.6 Å². The van der Waals surface area contributed by atoms with Gasteiger partial charge >= 0.3 is 0 Å². The average Bonchev–Trinajstić information content (AvgIpc) is 2.79. The number of fused-ring (bicyclic) bond motifs is 1. The summed E-state index contributed by atoms with van der Waals surface area (Å²) in [4.78, 5) is 0. The van der Waals surface area contributed by atoms with Gasteiger partial charge in [0.2, 0.25) is 0 Å². The van der Waals surface area contributed by atoms with Crippen molar-refractivity contribution in [3.63, 3.8) is 0 Å². The zero-order valence-corrected chi connectivity index (χ0v) is 17.5. The van der Waals surface area contributed by atoms with Crippen LogP contribution in [0.1, 0.15) is 88.5 Å². The van der Waals surface area contributed by atoms with Crippen LogP contribution in [0.4, 0.5) is 0 Å². The number of allylic oxidation sites excluding steroid dienone is 2. The minimum atomic E-state index is 0.0874. The Hall–Kier alpha value is 0.0900. The number of thiol groups is 1. The maximum Gasteiger partial charge on any atom is 0.00763 e. The maximum absolute atomic E-state index is 4.92. The van der Waals surface area contributed by atoms with Crippen molar-refractivity contribution in [1.29, 1.82) is 0 Å². The smallest absolute Gasteiger partial charge is 0.00763 e. The van der Waals surface area contributed by atoms with E-state index in [1.54, 1.807) is 5.57 Å². The molecule has 0 amide bonds. The molecule has 2 saturated carbocycles. The van der Waals surface area contributed by atoms with Crippen molar-refractivity contribution in [3.05, 3.63) is 11.1 Å². The van der Waals surface area contributed by atoms with Crippen LogP contribution < -0.4 is 0 Å². The molecule has 0 N–H and O–H groups in total. The predicted molar refractivity (Wildman–Crippen MR) is 103 cm³/mol. The van der Waals surface area contributed by atoms with Crippen molar-refractivity contribution in [2.75, 3.05) is 0 Å². The van der Waals surface area contributed by atoms with Crippen molar-refractivity contribution >= 4 is 12.6 Å². The van der Waals surface area contributed by atoms with Gasteiger partial charge in [0.1, 0.15) is 0 Å². The van der Waals surface area contributed by atoms with Gasteiger partial charge in [-0.05, 0) is 67.6 Å². The van der Waals surface area contributed by atoms with Crippen LogP contribution in [0.2, 0.25) is 0 Å². The van der Waals surface area contributed by atoms with Crippen LogP contribution in [0.15, 0.2) is 11.1 Å². The molecule has 0 radical (unpaired) electrons. The van der Waals surface area contributed by atoms with Gasteiger partial charge in [0.25, 0.3) is 0 Å². The third-order valence-electron chi connectivity index (χ3n) is 8.03. The molecule has 2 aliphatic rings. The normalized spacial score (nSPS) is 38.9. The first kappa shape index (κ1) is 18.4. The minimum absolute atomic E-state index is 0.0874. The Morgan fingerprint density at radius 1 is 1.00 bits per heavy atom. The zero-order chi connectivity index (χ0) is 17.4. The van der Waals surface area contributed by atoms with Crippen LogP contribution >= 0.6 is 12.6 Å². The summed E-state index contributed by atoms with van der Waals surface area (Å²) in [6.45, 7) is 24.0. The highest BCUT2D eigenvalue weighted by atomic mass is 32.1. The van der Waals surface area contributed by atoms with E-state index < -0.39 is 0 Å². The molecule has 0 aromatic carbocycles. The average molecular weight is 323 g/mol. The summed E-state index contributed by atoms with van der Waals surface area (Å²) in [5, 5.41) is 0. The maximum atomic E-state index is 4.92. The summed E-state index contributed by atoms with van der Waals surface area (Å²) >= 11 is 4.92. The number of hydrogen-bond acceptors (Lipinski definition) is 1. The van der Waals surface area contributed by atoms with Crippen LogP contribution in [-0.4, -0.2) is 4.75 Å². The van der Waals surface area contributed by atoms with E-state index in [4.69, 9.17) is 12.6 Å². The molecule has 0 aromatic heterocycles. The lowest BCUT2D eigenvalue weighted by molar-refractivity contribution is -0.0983. The number of rotatable bonds is 5. The third-order valence-corrected chi connectivity index (χ3v) is 8.21. The third kappa shape index (κ3) is 2.41. The molecule has 2 rings (SSSR count). The fraction of sp³-hybridized carbons (Fsp3) is 0.905. The molecule has 2 aliphatic carbocycles. The molecule has 0 aliphatic heterocycles. The van der Waals surface area contributed by atoms with E-state index in [9.17, 15) is 0 Å². The van der Waals surface area contributed by atoms with Gasteiger partial charge in [0.15, 0.2) is 0 Å². The largest absolute Gasteiger partial charge is 0.173 e. The summed E-state index contributed by atoms with van der Waals surface area (Å²) in [6.07, 6.45) is 4.00. The lowest BCUT2D eigenvalue weighted by Gasteiger charge is -2.60. The predicted octanol–water partition coefficient (Wildman–Crippen LogP) is 6.91. The Kier molecular flexibility index (Phi) is 4.02. The molecular weight excluding hydrogens is 284 g/mol. The first-order valence-corrected chi connectivity index (χ1v) is 9.42. The van der Waals surface area contributed by atoms with Crippen LogP contribution in [0.5, 0.6) is 0 Å². The second kappa shape index (κ2) is 4.80. The molecule has 0 saturated heterocycles. The van der Waals surface area contributed by atoms with E-state index >= 15 is 0 Å². The Labute approximate surface area is 144 Å². The summed E-state index contributed by atoms with van der Waals surface area (Å²) in [5.74, 6) is 0.683. The van der Waals surface area contributed by atoms with Crippen molar-refractivity contribution in [1.82, 2.24) is 0 Å². The molecular formula is C21H38S. The molecule has 128 valence electrons. The Balaban J connectivity index is 2.44. The first-order chi connectivity index (χ1) is 9.61. The van der Waals surface area contributed by atoms with Crippen molar-refractivity contribution < 1.29 is 0 Å². The second-order valence-electron chi connectivity index (χ2n) is 10.6. The van der Waals surface area contributed by atoms with E-state index in [-0.39, 0.29) is 10.2 Å². The monoisotopic (exact) mass is 322 g/mol. The topological polar surface area (TPSA) is 0 Å². The molecule has 0 bridgehead atoms. The van der Waals surface area contributed by atoms with Gasteiger partial charge in [0, 0.05) is 4.75 Å². The lowest BCUT2D eigenvalue weighted by Crippen LogP contribution is -2.54. The van der Waals surface area contributed by atoms with Gasteiger partial charge in [0.05, 0.1) is 0 Å². The highest BCUT2D eigenvalue weighted by Crippen LogP contribution is 2.88. The van der Waals surface area contributed by atoms with Crippen LogP contribution in [-0.2, 0) is 0 Å². The molecule has 4 unspecified atom stereocenters. The van der Waals surface area contributed by atoms with E-state index in [1.807, 2.05) is 0 Å². The van der Waals surface area contributed by atoms with Gasteiger partial charge in [-0.15, -0.1) is 0 Å². The fourth-order valence-corrected chi connectivity index (χ4v) is 6.16. The van der Waals surface area contributed by atoms with E-state index in [2.05, 4.69) is 69.2 Å². The summed E-state index contributed by atoms with van der Waals surface area (Å²) in [7, 11) is 0. The van der Waals surface area contributed by atoms with Gasteiger partial charge in [-0.25, -0.2) is 0 Å². The Morgan fingerprint density at radius 2 is 1.50 bits per heavy atom. The summed E-state index contributed by atoms with van der Waals surface area (Å²) in [5.41, 5.74) is 4.91. The molecule has 22 heavy (non-hydrogen) atoms. The number of hydrogen-bond donors (Lipinski definition) is 1. The quantitative estimate of drug-likeness (QED) is 0.412. The van der Waals surface area contributed by atoms with Gasteiger partial charge < -0.3 is 0 Å². The highest BCUT2D eigenvalue weighted by molar-refractivity contribution is 7.81. The molecule has 0 heterocycles.